The summed E-state index contributed by atoms with van der Waals surface area (Å²) in [4.78, 5) is 11.2. The Morgan fingerprint density at radius 1 is 1.33 bits per heavy atom. The molecule has 0 bridgehead atoms. The molecule has 0 aromatic rings. The van der Waals surface area contributed by atoms with E-state index >= 15 is 0 Å². The summed E-state index contributed by atoms with van der Waals surface area (Å²) in [5, 5.41) is 0. The van der Waals surface area contributed by atoms with Gasteiger partial charge in [0.25, 0.3) is 0 Å². The summed E-state index contributed by atoms with van der Waals surface area (Å²) >= 11 is 0. The van der Waals surface area contributed by atoms with Gasteiger partial charge in [0.15, 0.2) is 0 Å². The minimum absolute atomic E-state index is 0.0965. The number of nitrogens with two attached hydrogens (primary N) is 1. The molecule has 0 spiro atoms. The van der Waals surface area contributed by atoms with E-state index in [1.165, 1.54) is 12.8 Å². The van der Waals surface area contributed by atoms with Gasteiger partial charge in [0, 0.05) is 5.92 Å². The quantitative estimate of drug-likeness (QED) is 0.749. The monoisotopic (exact) mass is 211 g/mol. The summed E-state index contributed by atoms with van der Waals surface area (Å²) in [6.45, 7) is 9.16. The summed E-state index contributed by atoms with van der Waals surface area (Å²) in [6.07, 6.45) is 4.44. The van der Waals surface area contributed by atoms with E-state index in [0.717, 1.165) is 12.8 Å². The summed E-state index contributed by atoms with van der Waals surface area (Å²) in [5.74, 6) is 1.38. The summed E-state index contributed by atoms with van der Waals surface area (Å²) < 4.78 is 0. The zero-order valence-corrected chi connectivity index (χ0v) is 10.5. The maximum atomic E-state index is 11.2. The molecule has 0 radical (unpaired) electrons. The molecule has 3 atom stereocenters. The van der Waals surface area contributed by atoms with Crippen LogP contribution in [0.15, 0.2) is 0 Å². The van der Waals surface area contributed by atoms with Crippen molar-refractivity contribution >= 4 is 5.91 Å². The van der Waals surface area contributed by atoms with E-state index in [1.54, 1.807) is 0 Å². The molecule has 1 rings (SSSR count). The van der Waals surface area contributed by atoms with Crippen molar-refractivity contribution < 1.29 is 4.79 Å². The molecule has 3 unspecified atom stereocenters. The Morgan fingerprint density at radius 2 is 1.93 bits per heavy atom. The van der Waals surface area contributed by atoms with Crippen molar-refractivity contribution in [1.29, 1.82) is 0 Å². The van der Waals surface area contributed by atoms with Crippen LogP contribution in [0.5, 0.6) is 0 Å². The Hall–Kier alpha value is -0.530. The molecular formula is C13H25NO. The van der Waals surface area contributed by atoms with Crippen molar-refractivity contribution in [3.05, 3.63) is 0 Å². The minimum Gasteiger partial charge on any atom is -0.369 e. The molecule has 1 saturated carbocycles. The lowest BCUT2D eigenvalue weighted by molar-refractivity contribution is -0.123. The van der Waals surface area contributed by atoms with Crippen molar-refractivity contribution in [2.75, 3.05) is 0 Å². The Morgan fingerprint density at radius 3 is 2.40 bits per heavy atom. The highest BCUT2D eigenvalue weighted by atomic mass is 16.1. The van der Waals surface area contributed by atoms with E-state index in [9.17, 15) is 4.79 Å². The highest BCUT2D eigenvalue weighted by Crippen LogP contribution is 2.41. The zero-order chi connectivity index (χ0) is 11.6. The van der Waals surface area contributed by atoms with Gasteiger partial charge >= 0.3 is 0 Å². The maximum Gasteiger partial charge on any atom is 0.220 e. The SMILES string of the molecule is CC(C1CCCC(C(N)=O)C1)C(C)(C)C. The van der Waals surface area contributed by atoms with E-state index < -0.39 is 0 Å². The molecule has 0 heterocycles. The van der Waals surface area contributed by atoms with E-state index in [4.69, 9.17) is 5.73 Å². The molecule has 1 amide bonds. The number of hydrogen-bond acceptors (Lipinski definition) is 1. The first-order chi connectivity index (χ1) is 6.82. The first-order valence-electron chi connectivity index (χ1n) is 6.11. The lowest BCUT2D eigenvalue weighted by Gasteiger charge is -2.38. The molecular weight excluding hydrogens is 186 g/mol. The van der Waals surface area contributed by atoms with Crippen LogP contribution in [-0.4, -0.2) is 5.91 Å². The van der Waals surface area contributed by atoms with Gasteiger partial charge in [0.1, 0.15) is 0 Å². The molecule has 88 valence electrons. The Kier molecular flexibility index (Phi) is 3.80. The van der Waals surface area contributed by atoms with Gasteiger partial charge in [-0.15, -0.1) is 0 Å². The van der Waals surface area contributed by atoms with Crippen molar-refractivity contribution in [3.63, 3.8) is 0 Å². The smallest absolute Gasteiger partial charge is 0.220 e. The van der Waals surface area contributed by atoms with Crippen molar-refractivity contribution in [2.24, 2.45) is 28.9 Å². The third-order valence-corrected chi connectivity index (χ3v) is 4.19. The van der Waals surface area contributed by atoms with Crippen LogP contribution < -0.4 is 5.73 Å². The van der Waals surface area contributed by atoms with Gasteiger partial charge in [0.05, 0.1) is 0 Å². The number of primary amides is 1. The fourth-order valence-corrected chi connectivity index (χ4v) is 2.65. The largest absolute Gasteiger partial charge is 0.369 e. The number of amides is 1. The van der Waals surface area contributed by atoms with Gasteiger partial charge in [-0.2, -0.15) is 0 Å². The molecule has 0 aromatic heterocycles. The molecule has 2 N–H and O–H groups in total. The first-order valence-corrected chi connectivity index (χ1v) is 6.11. The molecule has 1 aliphatic carbocycles. The van der Waals surface area contributed by atoms with Gasteiger partial charge in [-0.05, 0) is 30.1 Å². The summed E-state index contributed by atoms with van der Waals surface area (Å²) in [6, 6.07) is 0. The molecule has 0 aliphatic heterocycles. The average Bonchev–Trinajstić information content (AvgIpc) is 2.15. The molecule has 0 aromatic carbocycles. The molecule has 1 aliphatic rings. The number of hydrogen-bond donors (Lipinski definition) is 1. The Balaban J connectivity index is 2.60. The third-order valence-electron chi connectivity index (χ3n) is 4.19. The summed E-state index contributed by atoms with van der Waals surface area (Å²) in [5.41, 5.74) is 5.74. The van der Waals surface area contributed by atoms with E-state index in [1.807, 2.05) is 0 Å². The van der Waals surface area contributed by atoms with Crippen molar-refractivity contribution in [2.45, 2.75) is 53.4 Å². The van der Waals surface area contributed by atoms with Crippen LogP contribution in [0.1, 0.15) is 53.4 Å². The van der Waals surface area contributed by atoms with Crippen LogP contribution in [0, 0.1) is 23.2 Å². The fourth-order valence-electron chi connectivity index (χ4n) is 2.65. The predicted octanol–water partition coefficient (Wildman–Crippen LogP) is 2.96. The lowest BCUT2D eigenvalue weighted by atomic mass is 9.67. The number of rotatable bonds is 2. The van der Waals surface area contributed by atoms with Gasteiger partial charge in [-0.1, -0.05) is 40.5 Å². The van der Waals surface area contributed by atoms with Crippen molar-refractivity contribution in [3.8, 4) is 0 Å². The fraction of sp³-hybridized carbons (Fsp3) is 0.923. The average molecular weight is 211 g/mol. The maximum absolute atomic E-state index is 11.2. The van der Waals surface area contributed by atoms with E-state index in [-0.39, 0.29) is 11.8 Å². The third kappa shape index (κ3) is 3.22. The zero-order valence-electron chi connectivity index (χ0n) is 10.5. The minimum atomic E-state index is -0.0965. The van der Waals surface area contributed by atoms with Crippen LogP contribution >= 0.6 is 0 Å². The van der Waals surface area contributed by atoms with Crippen LogP contribution in [0.2, 0.25) is 0 Å². The van der Waals surface area contributed by atoms with E-state index in [2.05, 4.69) is 27.7 Å². The van der Waals surface area contributed by atoms with E-state index in [0.29, 0.717) is 17.3 Å². The van der Waals surface area contributed by atoms with Gasteiger partial charge < -0.3 is 5.73 Å². The van der Waals surface area contributed by atoms with Gasteiger partial charge in [-0.25, -0.2) is 0 Å². The molecule has 2 nitrogen and oxygen atoms in total. The molecule has 1 fully saturated rings. The Labute approximate surface area is 93.6 Å². The summed E-state index contributed by atoms with van der Waals surface area (Å²) in [7, 11) is 0. The van der Waals surface area contributed by atoms with Gasteiger partial charge in [-0.3, -0.25) is 4.79 Å². The second-order valence-electron chi connectivity index (χ2n) is 6.18. The Bertz CT molecular complexity index is 229. The highest BCUT2D eigenvalue weighted by molar-refractivity contribution is 5.76. The standard InChI is InChI=1S/C13H25NO/c1-9(13(2,3)4)10-6-5-7-11(8-10)12(14)15/h9-11H,5-8H2,1-4H3,(H2,14,15). The molecule has 15 heavy (non-hydrogen) atoms. The van der Waals surface area contributed by atoms with Crippen LogP contribution in [0.4, 0.5) is 0 Å². The topological polar surface area (TPSA) is 43.1 Å². The van der Waals surface area contributed by atoms with Crippen LogP contribution in [0.25, 0.3) is 0 Å². The normalized spacial score (nSPS) is 29.9. The second kappa shape index (κ2) is 4.54. The number of carbonyl (C=O) groups excluding carboxylic acids is 1. The van der Waals surface area contributed by atoms with Crippen LogP contribution in [0.3, 0.4) is 0 Å². The number of carbonyl (C=O) groups is 1. The van der Waals surface area contributed by atoms with Crippen LogP contribution in [-0.2, 0) is 4.79 Å². The van der Waals surface area contributed by atoms with Crippen molar-refractivity contribution in [1.82, 2.24) is 0 Å². The molecule has 0 saturated heterocycles. The molecule has 2 heteroatoms. The lowest BCUT2D eigenvalue weighted by Crippen LogP contribution is -2.34. The second-order valence-corrected chi connectivity index (χ2v) is 6.18. The predicted molar refractivity (Wildman–Crippen MR) is 63.3 cm³/mol. The van der Waals surface area contributed by atoms with Gasteiger partial charge in [0.2, 0.25) is 5.91 Å². The first kappa shape index (κ1) is 12.5. The highest BCUT2D eigenvalue weighted by Gasteiger charge is 2.33.